The zero-order valence-electron chi connectivity index (χ0n) is 16.4. The van der Waals surface area contributed by atoms with Crippen LogP contribution in [0.3, 0.4) is 0 Å². The standard InChI is InChI=1S/C22H20Cl2N2O4S/c23-17-10-18(24)12-21(11-17)31(28,29)26(14-20-2-1-9-30-20)13-15-3-5-16(6-4-15)22(27)25-19-7-8-19/h1-6,9-12,19H,7-8,13-14H2,(H,25,27). The average Bonchev–Trinajstić information content (AvgIpc) is 3.38. The number of benzene rings is 2. The van der Waals surface area contributed by atoms with E-state index in [0.717, 1.165) is 18.4 Å². The van der Waals surface area contributed by atoms with E-state index in [4.69, 9.17) is 27.6 Å². The Kier molecular flexibility index (Phi) is 6.39. The van der Waals surface area contributed by atoms with Crippen LogP contribution in [0.25, 0.3) is 0 Å². The number of nitrogens with zero attached hydrogens (tertiary/aromatic N) is 1. The number of hydrogen-bond acceptors (Lipinski definition) is 4. The molecule has 0 radical (unpaired) electrons. The van der Waals surface area contributed by atoms with Gasteiger partial charge in [-0.2, -0.15) is 4.31 Å². The van der Waals surface area contributed by atoms with Crippen molar-refractivity contribution in [2.45, 2.75) is 36.9 Å². The highest BCUT2D eigenvalue weighted by Crippen LogP contribution is 2.27. The van der Waals surface area contributed by atoms with Gasteiger partial charge in [0, 0.05) is 28.2 Å². The summed E-state index contributed by atoms with van der Waals surface area (Å²) < 4.78 is 33.4. The summed E-state index contributed by atoms with van der Waals surface area (Å²) in [6, 6.07) is 14.8. The number of carbonyl (C=O) groups is 1. The topological polar surface area (TPSA) is 79.6 Å². The fraction of sp³-hybridized carbons (Fsp3) is 0.227. The minimum Gasteiger partial charge on any atom is -0.468 e. The molecule has 1 aliphatic carbocycles. The predicted octanol–water partition coefficient (Wildman–Crippen LogP) is 4.87. The first kappa shape index (κ1) is 21.9. The van der Waals surface area contributed by atoms with Crippen molar-refractivity contribution in [1.29, 1.82) is 0 Å². The highest BCUT2D eigenvalue weighted by molar-refractivity contribution is 7.89. The molecule has 3 aromatic rings. The molecule has 1 fully saturated rings. The minimum atomic E-state index is -3.93. The summed E-state index contributed by atoms with van der Waals surface area (Å²) in [6.07, 6.45) is 3.51. The maximum atomic E-state index is 13.4. The molecule has 1 aromatic heterocycles. The number of amides is 1. The summed E-state index contributed by atoms with van der Waals surface area (Å²) in [5.41, 5.74) is 1.27. The molecule has 162 valence electrons. The first-order valence-electron chi connectivity index (χ1n) is 9.70. The Balaban J connectivity index is 1.59. The predicted molar refractivity (Wildman–Crippen MR) is 119 cm³/mol. The lowest BCUT2D eigenvalue weighted by molar-refractivity contribution is 0.0951. The molecule has 0 bridgehead atoms. The van der Waals surface area contributed by atoms with Gasteiger partial charge in [0.05, 0.1) is 17.7 Å². The lowest BCUT2D eigenvalue weighted by atomic mass is 10.1. The Labute approximate surface area is 190 Å². The van der Waals surface area contributed by atoms with E-state index in [-0.39, 0.29) is 40.0 Å². The Morgan fingerprint density at radius 2 is 1.71 bits per heavy atom. The molecule has 31 heavy (non-hydrogen) atoms. The van der Waals surface area contributed by atoms with E-state index in [1.54, 1.807) is 36.4 Å². The number of carbonyl (C=O) groups excluding carboxylic acids is 1. The monoisotopic (exact) mass is 478 g/mol. The zero-order chi connectivity index (χ0) is 22.0. The molecule has 4 rings (SSSR count). The van der Waals surface area contributed by atoms with Gasteiger partial charge in [-0.15, -0.1) is 0 Å². The van der Waals surface area contributed by atoms with Crippen LogP contribution in [0.15, 0.2) is 70.2 Å². The van der Waals surface area contributed by atoms with Crippen molar-refractivity contribution >= 4 is 39.1 Å². The smallest absolute Gasteiger partial charge is 0.251 e. The van der Waals surface area contributed by atoms with Crippen molar-refractivity contribution in [3.63, 3.8) is 0 Å². The van der Waals surface area contributed by atoms with Crippen molar-refractivity contribution < 1.29 is 17.6 Å². The van der Waals surface area contributed by atoms with Gasteiger partial charge < -0.3 is 9.73 Å². The molecule has 6 nitrogen and oxygen atoms in total. The third-order valence-corrected chi connectivity index (χ3v) is 7.08. The van der Waals surface area contributed by atoms with Gasteiger partial charge in [-0.1, -0.05) is 35.3 Å². The van der Waals surface area contributed by atoms with Crippen LogP contribution < -0.4 is 5.32 Å². The maximum Gasteiger partial charge on any atom is 0.251 e. The van der Waals surface area contributed by atoms with Crippen molar-refractivity contribution in [2.75, 3.05) is 0 Å². The van der Waals surface area contributed by atoms with Crippen molar-refractivity contribution in [3.05, 3.63) is 87.8 Å². The molecule has 1 amide bonds. The van der Waals surface area contributed by atoms with Crippen LogP contribution in [0, 0.1) is 0 Å². The minimum absolute atomic E-state index is 0.00279. The third kappa shape index (κ3) is 5.49. The van der Waals surface area contributed by atoms with Gasteiger partial charge in [0.15, 0.2) is 0 Å². The van der Waals surface area contributed by atoms with E-state index in [2.05, 4.69) is 5.32 Å². The van der Waals surface area contributed by atoms with Crippen LogP contribution in [-0.4, -0.2) is 24.7 Å². The van der Waals surface area contributed by atoms with Gasteiger partial charge in [0.2, 0.25) is 10.0 Å². The highest BCUT2D eigenvalue weighted by Gasteiger charge is 2.27. The molecular weight excluding hydrogens is 459 g/mol. The molecule has 1 aliphatic rings. The van der Waals surface area contributed by atoms with E-state index in [0.29, 0.717) is 11.3 Å². The lowest BCUT2D eigenvalue weighted by Gasteiger charge is -2.22. The number of halogens is 2. The van der Waals surface area contributed by atoms with Crippen LogP contribution in [0.1, 0.15) is 34.5 Å². The second-order valence-electron chi connectivity index (χ2n) is 7.40. The quantitative estimate of drug-likeness (QED) is 0.500. The SMILES string of the molecule is O=C(NC1CC1)c1ccc(CN(Cc2ccco2)S(=O)(=O)c2cc(Cl)cc(Cl)c2)cc1. The summed E-state index contributed by atoms with van der Waals surface area (Å²) in [6.45, 7) is 0.112. The second-order valence-corrected chi connectivity index (χ2v) is 10.2. The van der Waals surface area contributed by atoms with Gasteiger partial charge in [0.1, 0.15) is 5.76 Å². The number of rotatable bonds is 8. The second kappa shape index (κ2) is 9.04. The van der Waals surface area contributed by atoms with E-state index < -0.39 is 10.0 Å². The Hall–Kier alpha value is -2.32. The first-order chi connectivity index (χ1) is 14.8. The van der Waals surface area contributed by atoms with E-state index in [9.17, 15) is 13.2 Å². The van der Waals surface area contributed by atoms with Gasteiger partial charge in [-0.05, 0) is 60.9 Å². The van der Waals surface area contributed by atoms with E-state index in [1.807, 2.05) is 0 Å². The Bertz CT molecular complexity index is 1150. The normalized spacial score (nSPS) is 14.0. The molecule has 1 N–H and O–H groups in total. The van der Waals surface area contributed by atoms with Crippen LogP contribution in [-0.2, 0) is 23.1 Å². The molecule has 0 unspecified atom stereocenters. The Morgan fingerprint density at radius 3 is 2.29 bits per heavy atom. The summed E-state index contributed by atoms with van der Waals surface area (Å²) in [5.74, 6) is 0.375. The molecule has 2 aromatic carbocycles. The summed E-state index contributed by atoms with van der Waals surface area (Å²) in [5, 5.41) is 3.40. The fourth-order valence-corrected chi connectivity index (χ4v) is 5.21. The first-order valence-corrected chi connectivity index (χ1v) is 11.9. The molecule has 9 heteroatoms. The average molecular weight is 479 g/mol. The number of hydrogen-bond donors (Lipinski definition) is 1. The maximum absolute atomic E-state index is 13.4. The van der Waals surface area contributed by atoms with E-state index >= 15 is 0 Å². The van der Waals surface area contributed by atoms with Crippen molar-refractivity contribution in [1.82, 2.24) is 9.62 Å². The van der Waals surface area contributed by atoms with Crippen molar-refractivity contribution in [3.8, 4) is 0 Å². The molecule has 1 saturated carbocycles. The highest BCUT2D eigenvalue weighted by atomic mass is 35.5. The number of sulfonamides is 1. The summed E-state index contributed by atoms with van der Waals surface area (Å²) >= 11 is 12.1. The van der Waals surface area contributed by atoms with Gasteiger partial charge >= 0.3 is 0 Å². The van der Waals surface area contributed by atoms with Crippen LogP contribution in [0.4, 0.5) is 0 Å². The lowest BCUT2D eigenvalue weighted by Crippen LogP contribution is -2.30. The largest absolute Gasteiger partial charge is 0.468 e. The van der Waals surface area contributed by atoms with Crippen LogP contribution in [0.5, 0.6) is 0 Å². The molecule has 1 heterocycles. The van der Waals surface area contributed by atoms with Crippen molar-refractivity contribution in [2.24, 2.45) is 0 Å². The molecule has 0 atom stereocenters. The molecular formula is C22H20Cl2N2O4S. The van der Waals surface area contributed by atoms with E-state index in [1.165, 1.54) is 28.8 Å². The number of nitrogens with one attached hydrogen (secondary N) is 1. The Morgan fingerprint density at radius 1 is 1.03 bits per heavy atom. The fourth-order valence-electron chi connectivity index (χ4n) is 3.09. The number of furan rings is 1. The van der Waals surface area contributed by atoms with Gasteiger partial charge in [-0.25, -0.2) is 8.42 Å². The molecule has 0 saturated heterocycles. The van der Waals surface area contributed by atoms with Crippen LogP contribution in [0.2, 0.25) is 10.0 Å². The van der Waals surface area contributed by atoms with Gasteiger partial charge in [0.25, 0.3) is 5.91 Å². The summed E-state index contributed by atoms with van der Waals surface area (Å²) in [7, 11) is -3.93. The molecule has 0 spiro atoms. The third-order valence-electron chi connectivity index (χ3n) is 4.87. The van der Waals surface area contributed by atoms with Crippen LogP contribution >= 0.6 is 23.2 Å². The molecule has 0 aliphatic heterocycles. The van der Waals surface area contributed by atoms with Gasteiger partial charge in [-0.3, -0.25) is 4.79 Å². The zero-order valence-corrected chi connectivity index (χ0v) is 18.8. The summed E-state index contributed by atoms with van der Waals surface area (Å²) in [4.78, 5) is 12.2.